The van der Waals surface area contributed by atoms with Gasteiger partial charge in [0.05, 0.1) is 22.8 Å². The number of nitrogens with one attached hydrogen (secondary N) is 1. The van der Waals surface area contributed by atoms with Gasteiger partial charge in [0.15, 0.2) is 0 Å². The molecule has 0 spiro atoms. The average Bonchev–Trinajstić information content (AvgIpc) is 2.66. The third kappa shape index (κ3) is 3.88. The molecule has 1 aromatic carbocycles. The fraction of sp³-hybridized carbons (Fsp3) is 0.381. The number of aromatic nitrogens is 3. The van der Waals surface area contributed by atoms with E-state index in [0.717, 1.165) is 6.07 Å². The van der Waals surface area contributed by atoms with Gasteiger partial charge in [0.1, 0.15) is 16.8 Å². The Labute approximate surface area is 171 Å². The van der Waals surface area contributed by atoms with Crippen molar-refractivity contribution < 1.29 is 13.2 Å². The van der Waals surface area contributed by atoms with Gasteiger partial charge in [-0.1, -0.05) is 23.7 Å². The van der Waals surface area contributed by atoms with Crippen LogP contribution in [0.1, 0.15) is 54.0 Å². The maximum atomic E-state index is 13.6. The smallest absolute Gasteiger partial charge is 0.363 e. The predicted octanol–water partition coefficient (Wildman–Crippen LogP) is 6.06. The Morgan fingerprint density at radius 3 is 2.62 bits per heavy atom. The third-order valence-electron chi connectivity index (χ3n) is 5.29. The number of alkyl halides is 3. The standard InChI is InChI=1S/C21H20ClF3N4/c1-11-13-7-5-8-16(21(23,24)25)14(13)6-3-4-9-18-28-19-12(2)26-17(22)10-15(19)20(27-11)29-18/h5,7-8,10-11H,3-4,6,9H2,1-2H3,(H,27,28,29)/t11-/m1/s1. The van der Waals surface area contributed by atoms with Gasteiger partial charge < -0.3 is 5.32 Å². The summed E-state index contributed by atoms with van der Waals surface area (Å²) in [6.45, 7) is 3.68. The summed E-state index contributed by atoms with van der Waals surface area (Å²) in [4.78, 5) is 13.6. The lowest BCUT2D eigenvalue weighted by Crippen LogP contribution is -2.16. The van der Waals surface area contributed by atoms with E-state index < -0.39 is 11.7 Å². The van der Waals surface area contributed by atoms with Crippen LogP contribution in [0.3, 0.4) is 0 Å². The molecule has 0 saturated carbocycles. The monoisotopic (exact) mass is 420 g/mol. The van der Waals surface area contributed by atoms with Crippen molar-refractivity contribution in [2.24, 2.45) is 0 Å². The summed E-state index contributed by atoms with van der Waals surface area (Å²) >= 11 is 6.14. The fourth-order valence-electron chi connectivity index (χ4n) is 3.94. The van der Waals surface area contributed by atoms with Gasteiger partial charge in [-0.15, -0.1) is 0 Å². The summed E-state index contributed by atoms with van der Waals surface area (Å²) < 4.78 is 40.8. The first-order valence-corrected chi connectivity index (χ1v) is 9.91. The molecule has 0 fully saturated rings. The van der Waals surface area contributed by atoms with Gasteiger partial charge in [-0.05, 0) is 56.4 Å². The molecule has 29 heavy (non-hydrogen) atoms. The van der Waals surface area contributed by atoms with Gasteiger partial charge in [-0.3, -0.25) is 0 Å². The summed E-state index contributed by atoms with van der Waals surface area (Å²) in [5.41, 5.74) is 1.82. The SMILES string of the molecule is Cc1nc(Cl)cc2c3nc(nc12)CCCCc1c(cccc1C(F)(F)F)[C@@H](C)N3. The fourth-order valence-corrected chi connectivity index (χ4v) is 4.17. The quantitative estimate of drug-likeness (QED) is 0.449. The van der Waals surface area contributed by atoms with E-state index in [0.29, 0.717) is 70.2 Å². The predicted molar refractivity (Wildman–Crippen MR) is 107 cm³/mol. The number of halogens is 4. The molecule has 1 atom stereocenters. The number of anilines is 1. The number of pyridine rings is 1. The maximum Gasteiger partial charge on any atom is 0.416 e. The van der Waals surface area contributed by atoms with Crippen LogP contribution < -0.4 is 5.32 Å². The molecular formula is C21H20ClF3N4. The zero-order valence-corrected chi connectivity index (χ0v) is 16.8. The van der Waals surface area contributed by atoms with Crippen molar-refractivity contribution in [2.45, 2.75) is 51.7 Å². The summed E-state index contributed by atoms with van der Waals surface area (Å²) in [5.74, 6) is 1.22. The topological polar surface area (TPSA) is 50.7 Å². The molecule has 0 unspecified atom stereocenters. The van der Waals surface area contributed by atoms with E-state index in [-0.39, 0.29) is 6.04 Å². The summed E-state index contributed by atoms with van der Waals surface area (Å²) in [6, 6.07) is 5.70. The van der Waals surface area contributed by atoms with E-state index in [2.05, 4.69) is 20.3 Å². The highest BCUT2D eigenvalue weighted by molar-refractivity contribution is 6.30. The van der Waals surface area contributed by atoms with Crippen LogP contribution in [-0.4, -0.2) is 15.0 Å². The van der Waals surface area contributed by atoms with Crippen molar-refractivity contribution in [1.29, 1.82) is 0 Å². The zero-order chi connectivity index (χ0) is 20.8. The lowest BCUT2D eigenvalue weighted by atomic mass is 9.92. The lowest BCUT2D eigenvalue weighted by molar-refractivity contribution is -0.138. The maximum absolute atomic E-state index is 13.6. The molecule has 3 aromatic rings. The molecule has 1 N–H and O–H groups in total. The van der Waals surface area contributed by atoms with Crippen molar-refractivity contribution in [3.8, 4) is 0 Å². The van der Waals surface area contributed by atoms with Crippen LogP contribution in [0, 0.1) is 6.92 Å². The number of fused-ring (bicyclic) bond motifs is 5. The number of rotatable bonds is 0. The van der Waals surface area contributed by atoms with Gasteiger partial charge >= 0.3 is 6.18 Å². The van der Waals surface area contributed by atoms with E-state index >= 15 is 0 Å². The van der Waals surface area contributed by atoms with Gasteiger partial charge in [-0.25, -0.2) is 15.0 Å². The molecule has 0 saturated heterocycles. The molecule has 0 aliphatic carbocycles. The first-order chi connectivity index (χ1) is 13.7. The Morgan fingerprint density at radius 2 is 1.86 bits per heavy atom. The van der Waals surface area contributed by atoms with Gasteiger partial charge in [-0.2, -0.15) is 13.2 Å². The Morgan fingerprint density at radius 1 is 1.10 bits per heavy atom. The Kier molecular flexibility index (Phi) is 5.11. The molecule has 3 heterocycles. The molecule has 4 nitrogen and oxygen atoms in total. The van der Waals surface area contributed by atoms with E-state index in [1.807, 2.05) is 13.8 Å². The summed E-state index contributed by atoms with van der Waals surface area (Å²) in [7, 11) is 0. The van der Waals surface area contributed by atoms with Crippen molar-refractivity contribution in [1.82, 2.24) is 15.0 Å². The lowest BCUT2D eigenvalue weighted by Gasteiger charge is -2.22. The Hall–Kier alpha value is -2.41. The van der Waals surface area contributed by atoms with Crippen LogP contribution in [0.4, 0.5) is 19.0 Å². The van der Waals surface area contributed by atoms with Crippen LogP contribution >= 0.6 is 11.6 Å². The number of benzene rings is 1. The molecule has 2 bridgehead atoms. The number of hydrogen-bond acceptors (Lipinski definition) is 4. The van der Waals surface area contributed by atoms with Crippen molar-refractivity contribution in [3.05, 3.63) is 57.6 Å². The first-order valence-electron chi connectivity index (χ1n) is 9.53. The van der Waals surface area contributed by atoms with E-state index in [9.17, 15) is 13.2 Å². The molecule has 0 amide bonds. The van der Waals surface area contributed by atoms with E-state index in [1.165, 1.54) is 6.07 Å². The number of nitrogens with zero attached hydrogens (tertiary/aromatic N) is 3. The third-order valence-corrected chi connectivity index (χ3v) is 5.48. The minimum absolute atomic E-state index is 0.325. The second kappa shape index (κ2) is 7.44. The molecule has 8 heteroatoms. The van der Waals surface area contributed by atoms with Crippen molar-refractivity contribution in [3.63, 3.8) is 0 Å². The summed E-state index contributed by atoms with van der Waals surface area (Å²) in [5, 5.41) is 4.35. The van der Waals surface area contributed by atoms with Crippen LogP contribution in [0.2, 0.25) is 5.15 Å². The number of hydrogen-bond donors (Lipinski definition) is 1. The van der Waals surface area contributed by atoms with Crippen molar-refractivity contribution in [2.75, 3.05) is 5.32 Å². The largest absolute Gasteiger partial charge is 0.416 e. The van der Waals surface area contributed by atoms with E-state index in [1.54, 1.807) is 12.1 Å². The van der Waals surface area contributed by atoms with Gasteiger partial charge in [0, 0.05) is 11.8 Å². The Balaban J connectivity index is 1.88. The molecule has 1 aliphatic heterocycles. The summed E-state index contributed by atoms with van der Waals surface area (Å²) in [6.07, 6.45) is -2.11. The van der Waals surface area contributed by atoms with Crippen LogP contribution in [0.5, 0.6) is 0 Å². The molecule has 0 radical (unpaired) electrons. The highest BCUT2D eigenvalue weighted by atomic mass is 35.5. The van der Waals surface area contributed by atoms with E-state index in [4.69, 9.17) is 11.6 Å². The number of aryl methyl sites for hydroxylation is 2. The molecule has 1 aliphatic rings. The first kappa shape index (κ1) is 19.9. The molecule has 152 valence electrons. The molecule has 2 aromatic heterocycles. The second-order valence-electron chi connectivity index (χ2n) is 7.36. The highest BCUT2D eigenvalue weighted by Gasteiger charge is 2.34. The average molecular weight is 421 g/mol. The molecular weight excluding hydrogens is 401 g/mol. The Bertz CT molecular complexity index is 1080. The minimum atomic E-state index is -4.38. The van der Waals surface area contributed by atoms with Crippen LogP contribution in [0.25, 0.3) is 10.9 Å². The second-order valence-corrected chi connectivity index (χ2v) is 7.75. The van der Waals surface area contributed by atoms with Crippen molar-refractivity contribution >= 4 is 28.3 Å². The van der Waals surface area contributed by atoms with Gasteiger partial charge in [0.25, 0.3) is 0 Å². The van der Waals surface area contributed by atoms with Gasteiger partial charge in [0.2, 0.25) is 0 Å². The highest BCUT2D eigenvalue weighted by Crippen LogP contribution is 2.37. The zero-order valence-electron chi connectivity index (χ0n) is 16.1. The minimum Gasteiger partial charge on any atom is -0.363 e. The molecule has 4 rings (SSSR count). The van der Waals surface area contributed by atoms with Crippen LogP contribution in [0.15, 0.2) is 24.3 Å². The van der Waals surface area contributed by atoms with Crippen LogP contribution in [-0.2, 0) is 19.0 Å². The normalized spacial score (nSPS) is 17.4.